The Morgan fingerprint density at radius 1 is 0.522 bits per heavy atom. The van der Waals surface area contributed by atoms with Gasteiger partial charge in [0, 0.05) is 0 Å². The number of rotatable bonds is 18. The summed E-state index contributed by atoms with van der Waals surface area (Å²) in [6, 6.07) is 14.5. The van der Waals surface area contributed by atoms with Gasteiger partial charge in [0.1, 0.15) is 0 Å². The molecule has 0 fully saturated rings. The van der Waals surface area contributed by atoms with E-state index in [0.29, 0.717) is 0 Å². The van der Waals surface area contributed by atoms with Crippen LogP contribution in [-0.4, -0.2) is 45.8 Å². The molecule has 6 heteroatoms. The van der Waals surface area contributed by atoms with Gasteiger partial charge in [0.25, 0.3) is 0 Å². The summed E-state index contributed by atoms with van der Waals surface area (Å²) in [5, 5.41) is 0. The molecular formula is C40H50N4Se2. The Balaban J connectivity index is 1.24. The molecule has 0 spiro atoms. The van der Waals surface area contributed by atoms with Gasteiger partial charge in [-0.05, 0) is 0 Å². The van der Waals surface area contributed by atoms with Crippen molar-refractivity contribution in [3.8, 4) is 22.3 Å². The Kier molecular flexibility index (Phi) is 10.6. The van der Waals surface area contributed by atoms with E-state index < -0.39 is 0 Å². The summed E-state index contributed by atoms with van der Waals surface area (Å²) in [6.07, 6.45) is 25.3. The van der Waals surface area contributed by atoms with Crippen molar-refractivity contribution >= 4 is 52.0 Å². The fraction of sp³-hybridized carbons (Fsp3) is 0.550. The van der Waals surface area contributed by atoms with Crippen LogP contribution in [0.15, 0.2) is 36.4 Å². The molecule has 0 saturated carbocycles. The van der Waals surface area contributed by atoms with Crippen LogP contribution in [-0.2, 0) is 11.8 Å². The van der Waals surface area contributed by atoms with Gasteiger partial charge in [-0.15, -0.1) is 0 Å². The molecule has 0 atom stereocenters. The summed E-state index contributed by atoms with van der Waals surface area (Å²) in [5.41, 5.74) is 16.3. The van der Waals surface area contributed by atoms with Gasteiger partial charge in [-0.3, -0.25) is 0 Å². The molecule has 2 aromatic heterocycles. The first-order chi connectivity index (χ1) is 22.7. The fourth-order valence-corrected chi connectivity index (χ4v) is 10.9. The third-order valence-corrected chi connectivity index (χ3v) is 13.3. The van der Waals surface area contributed by atoms with E-state index in [9.17, 15) is 0 Å². The molecule has 2 heterocycles. The van der Waals surface area contributed by atoms with Crippen LogP contribution in [0.5, 0.6) is 0 Å². The normalized spacial score (nSPS) is 14.2. The Morgan fingerprint density at radius 3 is 1.67 bits per heavy atom. The van der Waals surface area contributed by atoms with Gasteiger partial charge in [-0.1, -0.05) is 39.5 Å². The van der Waals surface area contributed by atoms with E-state index in [1.807, 2.05) is 0 Å². The SMILES string of the molecule is CCCCCCCCCCC1(CCCCCCCCCC)c2cc3c(cc2-c2c1ccc1n[se]nc21)Cc1ccc2n[se]nc2c1-3. The number of nitrogens with zero attached hydrogens (tertiary/aromatic N) is 4. The van der Waals surface area contributed by atoms with Crippen molar-refractivity contribution in [2.24, 2.45) is 0 Å². The topological polar surface area (TPSA) is 51.6 Å². The van der Waals surface area contributed by atoms with E-state index in [4.69, 9.17) is 15.9 Å². The van der Waals surface area contributed by atoms with Gasteiger partial charge in [-0.2, -0.15) is 0 Å². The predicted molar refractivity (Wildman–Crippen MR) is 195 cm³/mol. The van der Waals surface area contributed by atoms with Crippen molar-refractivity contribution in [2.45, 2.75) is 141 Å². The number of fused-ring (bicyclic) bond motifs is 10. The first-order valence-corrected chi connectivity index (χ1v) is 21.5. The first-order valence-electron chi connectivity index (χ1n) is 18.4. The number of hydrogen-bond donors (Lipinski definition) is 0. The molecule has 0 aliphatic heterocycles. The average Bonchev–Trinajstić information content (AvgIpc) is 3.86. The maximum atomic E-state index is 5.08. The molecule has 4 nitrogen and oxygen atoms in total. The van der Waals surface area contributed by atoms with Crippen LogP contribution in [0.2, 0.25) is 0 Å². The third kappa shape index (κ3) is 6.25. The van der Waals surface area contributed by atoms with Crippen molar-refractivity contribution in [3.05, 3.63) is 58.7 Å². The van der Waals surface area contributed by atoms with Gasteiger partial charge in [0.05, 0.1) is 0 Å². The molecule has 0 unspecified atom stereocenters. The molecule has 0 bridgehead atoms. The Bertz CT molecular complexity index is 1760. The van der Waals surface area contributed by atoms with Gasteiger partial charge >= 0.3 is 251 Å². The van der Waals surface area contributed by atoms with E-state index in [0.717, 1.165) is 23.0 Å². The minimum absolute atomic E-state index is 0.0165. The maximum absolute atomic E-state index is 5.08. The predicted octanol–water partition coefficient (Wildman–Crippen LogP) is 10.6. The van der Waals surface area contributed by atoms with E-state index in [1.54, 1.807) is 11.1 Å². The third-order valence-electron chi connectivity index (χ3n) is 11.1. The fourth-order valence-electron chi connectivity index (χ4n) is 8.63. The molecule has 0 radical (unpaired) electrons. The Labute approximate surface area is 288 Å². The first kappa shape index (κ1) is 32.4. The minimum atomic E-state index is -0.0291. The quantitative estimate of drug-likeness (QED) is 0.0650. The molecule has 7 rings (SSSR count). The molecular weight excluding hydrogens is 694 g/mol. The van der Waals surface area contributed by atoms with Crippen LogP contribution < -0.4 is 0 Å². The summed E-state index contributed by atoms with van der Waals surface area (Å²) >= 11 is -0.0456. The van der Waals surface area contributed by atoms with E-state index in [1.165, 1.54) is 154 Å². The van der Waals surface area contributed by atoms with Gasteiger partial charge in [0.2, 0.25) is 0 Å². The van der Waals surface area contributed by atoms with Gasteiger partial charge in [-0.25, -0.2) is 0 Å². The van der Waals surface area contributed by atoms with Gasteiger partial charge < -0.3 is 0 Å². The molecule has 0 N–H and O–H groups in total. The van der Waals surface area contributed by atoms with Crippen molar-refractivity contribution in [1.29, 1.82) is 0 Å². The van der Waals surface area contributed by atoms with E-state index in [-0.39, 0.29) is 35.3 Å². The van der Waals surface area contributed by atoms with Crippen molar-refractivity contribution < 1.29 is 0 Å². The standard InChI is InChI=1S/C40H50N4Se2/c1-3-5-7-9-11-13-15-17-23-40(24-18-16-14-12-10-8-6-4-2)32-20-22-35-39(44-46-42-35)37(32)31-26-29-25-28-19-21-34-38(43-45-41-34)36(28)30(29)27-33(31)40/h19-22,26-27H,3-18,23-25H2,1-2H3. The molecule has 0 amide bonds. The molecule has 0 saturated heterocycles. The Morgan fingerprint density at radius 2 is 1.07 bits per heavy atom. The van der Waals surface area contributed by atoms with Crippen LogP contribution in [0.25, 0.3) is 44.3 Å². The number of unbranched alkanes of at least 4 members (excludes halogenated alkanes) is 14. The van der Waals surface area contributed by atoms with Crippen LogP contribution in [0.1, 0.15) is 152 Å². The van der Waals surface area contributed by atoms with E-state index >= 15 is 0 Å². The summed E-state index contributed by atoms with van der Waals surface area (Å²) in [7, 11) is 0. The van der Waals surface area contributed by atoms with Gasteiger partial charge in [0.15, 0.2) is 0 Å². The molecule has 46 heavy (non-hydrogen) atoms. The zero-order valence-corrected chi connectivity index (χ0v) is 31.4. The average molecular weight is 745 g/mol. The zero-order chi connectivity index (χ0) is 31.3. The molecule has 2 aliphatic carbocycles. The zero-order valence-electron chi connectivity index (χ0n) is 28.0. The monoisotopic (exact) mass is 746 g/mol. The van der Waals surface area contributed by atoms with Crippen LogP contribution in [0.3, 0.4) is 0 Å². The van der Waals surface area contributed by atoms with Crippen LogP contribution >= 0.6 is 0 Å². The van der Waals surface area contributed by atoms with Crippen molar-refractivity contribution in [3.63, 3.8) is 0 Å². The molecule has 242 valence electrons. The van der Waals surface area contributed by atoms with Crippen LogP contribution in [0, 0.1) is 0 Å². The second-order valence-corrected chi connectivity index (χ2v) is 16.3. The summed E-state index contributed by atoms with van der Waals surface area (Å²) in [4.78, 5) is 0. The molecule has 5 aromatic rings. The number of hydrogen-bond acceptors (Lipinski definition) is 4. The Hall–Kier alpha value is -2.10. The number of benzene rings is 3. The van der Waals surface area contributed by atoms with Crippen molar-refractivity contribution in [1.82, 2.24) is 15.9 Å². The second kappa shape index (κ2) is 15.0. The summed E-state index contributed by atoms with van der Waals surface area (Å²) in [5.74, 6) is 0. The second-order valence-electron chi connectivity index (χ2n) is 14.1. The van der Waals surface area contributed by atoms with E-state index in [2.05, 4.69) is 50.2 Å². The number of aromatic nitrogens is 4. The molecule has 3 aromatic carbocycles. The van der Waals surface area contributed by atoms with Crippen molar-refractivity contribution in [2.75, 3.05) is 0 Å². The summed E-state index contributed by atoms with van der Waals surface area (Å²) in [6.45, 7) is 4.63. The molecule has 2 aliphatic rings. The van der Waals surface area contributed by atoms with Crippen LogP contribution in [0.4, 0.5) is 0 Å². The summed E-state index contributed by atoms with van der Waals surface area (Å²) < 4.78 is 19.6.